The van der Waals surface area contributed by atoms with E-state index in [0.717, 1.165) is 8.95 Å². The molecular weight excluding hydrogens is 350 g/mol. The Morgan fingerprint density at radius 2 is 2.24 bits per heavy atom. The van der Waals surface area contributed by atoms with Crippen LogP contribution in [0.5, 0.6) is 0 Å². The second-order valence-electron chi connectivity index (χ2n) is 3.62. The normalized spacial score (nSPS) is 12.6. The van der Waals surface area contributed by atoms with Crippen LogP contribution < -0.4 is 5.32 Å². The molecule has 0 fully saturated rings. The Hall–Kier alpha value is -0.720. The number of halogens is 2. The lowest BCUT2D eigenvalue weighted by Gasteiger charge is -2.14. The van der Waals surface area contributed by atoms with Gasteiger partial charge >= 0.3 is 0 Å². The van der Waals surface area contributed by atoms with E-state index in [2.05, 4.69) is 64.8 Å². The Kier molecular flexibility index (Phi) is 4.31. The van der Waals surface area contributed by atoms with Crippen molar-refractivity contribution in [3.63, 3.8) is 0 Å². The van der Waals surface area contributed by atoms with E-state index in [1.165, 1.54) is 12.0 Å². The Balaban J connectivity index is 2.01. The van der Waals surface area contributed by atoms with E-state index in [4.69, 9.17) is 0 Å². The molecule has 1 unspecified atom stereocenters. The standard InChI is InChI=1S/C11H11Br2N3O/c1-7(14-5-11-15-6-17-16-11)9-3-2-8(12)4-10(9)13/h2-4,6-7,14H,5H2,1H3. The lowest BCUT2D eigenvalue weighted by molar-refractivity contribution is 0.405. The Morgan fingerprint density at radius 1 is 1.41 bits per heavy atom. The SMILES string of the molecule is CC(NCc1ncon1)c1ccc(Br)cc1Br. The molecule has 0 bridgehead atoms. The maximum absolute atomic E-state index is 4.68. The summed E-state index contributed by atoms with van der Waals surface area (Å²) in [5.74, 6) is 0.657. The van der Waals surface area contributed by atoms with Crippen molar-refractivity contribution in [2.45, 2.75) is 19.5 Å². The fourth-order valence-corrected chi connectivity index (χ4v) is 2.87. The van der Waals surface area contributed by atoms with Crippen LogP contribution in [0.3, 0.4) is 0 Å². The highest BCUT2D eigenvalue weighted by Gasteiger charge is 2.10. The molecule has 0 radical (unpaired) electrons. The first kappa shape index (κ1) is 12.7. The van der Waals surface area contributed by atoms with E-state index in [1.54, 1.807) is 0 Å². The van der Waals surface area contributed by atoms with Gasteiger partial charge in [0.2, 0.25) is 6.39 Å². The molecule has 0 aliphatic rings. The van der Waals surface area contributed by atoms with Gasteiger partial charge < -0.3 is 9.84 Å². The summed E-state index contributed by atoms with van der Waals surface area (Å²) in [6, 6.07) is 6.33. The van der Waals surface area contributed by atoms with E-state index < -0.39 is 0 Å². The van der Waals surface area contributed by atoms with E-state index in [1.807, 2.05) is 12.1 Å². The third kappa shape index (κ3) is 3.37. The molecule has 1 heterocycles. The largest absolute Gasteiger partial charge is 0.343 e. The van der Waals surface area contributed by atoms with Crippen LogP contribution >= 0.6 is 31.9 Å². The van der Waals surface area contributed by atoms with Crippen molar-refractivity contribution in [2.75, 3.05) is 0 Å². The van der Waals surface area contributed by atoms with Crippen LogP contribution in [0.2, 0.25) is 0 Å². The van der Waals surface area contributed by atoms with Gasteiger partial charge in [-0.05, 0) is 24.6 Å². The zero-order valence-electron chi connectivity index (χ0n) is 9.15. The molecule has 1 aromatic carbocycles. The number of rotatable bonds is 4. The van der Waals surface area contributed by atoms with Crippen LogP contribution in [0, 0.1) is 0 Å². The topological polar surface area (TPSA) is 51.0 Å². The Morgan fingerprint density at radius 3 is 2.88 bits per heavy atom. The van der Waals surface area contributed by atoms with Gasteiger partial charge in [0.1, 0.15) is 0 Å². The maximum atomic E-state index is 4.68. The summed E-state index contributed by atoms with van der Waals surface area (Å²) < 4.78 is 6.80. The number of nitrogens with zero attached hydrogens (tertiary/aromatic N) is 2. The number of nitrogens with one attached hydrogen (secondary N) is 1. The molecule has 90 valence electrons. The molecular formula is C11H11Br2N3O. The average molecular weight is 361 g/mol. The predicted molar refractivity (Wildman–Crippen MR) is 71.4 cm³/mol. The quantitative estimate of drug-likeness (QED) is 0.907. The molecule has 0 saturated carbocycles. The summed E-state index contributed by atoms with van der Waals surface area (Å²) in [7, 11) is 0. The second kappa shape index (κ2) is 5.75. The van der Waals surface area contributed by atoms with Crippen LogP contribution in [-0.4, -0.2) is 10.1 Å². The van der Waals surface area contributed by atoms with Gasteiger partial charge in [-0.3, -0.25) is 0 Å². The average Bonchev–Trinajstić information content (AvgIpc) is 2.78. The first-order valence-electron chi connectivity index (χ1n) is 5.10. The third-order valence-corrected chi connectivity index (χ3v) is 3.58. The number of benzene rings is 1. The van der Waals surface area contributed by atoms with E-state index in [-0.39, 0.29) is 6.04 Å². The molecule has 1 atom stereocenters. The zero-order valence-corrected chi connectivity index (χ0v) is 12.3. The van der Waals surface area contributed by atoms with Crippen LogP contribution in [0.25, 0.3) is 0 Å². The molecule has 0 aliphatic carbocycles. The summed E-state index contributed by atoms with van der Waals surface area (Å²) in [6.07, 6.45) is 1.33. The van der Waals surface area contributed by atoms with Crippen LogP contribution in [0.4, 0.5) is 0 Å². The molecule has 4 nitrogen and oxygen atoms in total. The van der Waals surface area contributed by atoms with Crippen molar-refractivity contribution in [3.8, 4) is 0 Å². The highest BCUT2D eigenvalue weighted by molar-refractivity contribution is 9.11. The lowest BCUT2D eigenvalue weighted by Crippen LogP contribution is -2.19. The molecule has 1 aromatic heterocycles. The Labute approximate surface area is 116 Å². The van der Waals surface area contributed by atoms with Crippen LogP contribution in [0.1, 0.15) is 24.4 Å². The minimum absolute atomic E-state index is 0.205. The van der Waals surface area contributed by atoms with Gasteiger partial charge in [-0.15, -0.1) is 0 Å². The molecule has 0 saturated heterocycles. The molecule has 2 aromatic rings. The summed E-state index contributed by atoms with van der Waals surface area (Å²) in [4.78, 5) is 3.96. The van der Waals surface area contributed by atoms with Gasteiger partial charge in [0.05, 0.1) is 6.54 Å². The molecule has 0 spiro atoms. The maximum Gasteiger partial charge on any atom is 0.213 e. The third-order valence-electron chi connectivity index (χ3n) is 2.40. The van der Waals surface area contributed by atoms with Gasteiger partial charge in [-0.1, -0.05) is 43.1 Å². The number of hydrogen-bond acceptors (Lipinski definition) is 4. The molecule has 0 amide bonds. The molecule has 17 heavy (non-hydrogen) atoms. The highest BCUT2D eigenvalue weighted by atomic mass is 79.9. The molecule has 0 aliphatic heterocycles. The fraction of sp³-hybridized carbons (Fsp3) is 0.273. The fourth-order valence-electron chi connectivity index (χ4n) is 1.48. The minimum atomic E-state index is 0.205. The van der Waals surface area contributed by atoms with E-state index >= 15 is 0 Å². The number of hydrogen-bond donors (Lipinski definition) is 1. The second-order valence-corrected chi connectivity index (χ2v) is 5.39. The molecule has 6 heteroatoms. The van der Waals surface area contributed by atoms with Gasteiger partial charge in [-0.2, -0.15) is 4.98 Å². The van der Waals surface area contributed by atoms with Gasteiger partial charge in [0.15, 0.2) is 5.82 Å². The van der Waals surface area contributed by atoms with Crippen molar-refractivity contribution in [1.82, 2.24) is 15.5 Å². The van der Waals surface area contributed by atoms with Gasteiger partial charge in [0, 0.05) is 15.0 Å². The summed E-state index contributed by atoms with van der Waals surface area (Å²) in [5, 5.41) is 7.08. The smallest absolute Gasteiger partial charge is 0.213 e. The summed E-state index contributed by atoms with van der Waals surface area (Å²) in [5.41, 5.74) is 1.19. The van der Waals surface area contributed by atoms with Crippen molar-refractivity contribution in [1.29, 1.82) is 0 Å². The monoisotopic (exact) mass is 359 g/mol. The van der Waals surface area contributed by atoms with Crippen molar-refractivity contribution < 1.29 is 4.52 Å². The first-order chi connectivity index (χ1) is 8.16. The zero-order chi connectivity index (χ0) is 12.3. The summed E-state index contributed by atoms with van der Waals surface area (Å²) in [6.45, 7) is 2.67. The number of aromatic nitrogens is 2. The summed E-state index contributed by atoms with van der Waals surface area (Å²) >= 11 is 6.98. The van der Waals surface area contributed by atoms with Gasteiger partial charge in [0.25, 0.3) is 0 Å². The van der Waals surface area contributed by atoms with E-state index in [0.29, 0.717) is 12.4 Å². The predicted octanol–water partition coefficient (Wildman–Crippen LogP) is 3.45. The first-order valence-corrected chi connectivity index (χ1v) is 6.69. The highest BCUT2D eigenvalue weighted by Crippen LogP contribution is 2.26. The molecule has 1 N–H and O–H groups in total. The Bertz CT molecular complexity index is 487. The van der Waals surface area contributed by atoms with Crippen molar-refractivity contribution in [2.24, 2.45) is 0 Å². The minimum Gasteiger partial charge on any atom is -0.343 e. The van der Waals surface area contributed by atoms with Crippen LogP contribution in [-0.2, 0) is 6.54 Å². The lowest BCUT2D eigenvalue weighted by atomic mass is 10.1. The van der Waals surface area contributed by atoms with E-state index in [9.17, 15) is 0 Å². The molecule has 2 rings (SSSR count). The van der Waals surface area contributed by atoms with Crippen molar-refractivity contribution >= 4 is 31.9 Å². The van der Waals surface area contributed by atoms with Crippen LogP contribution in [0.15, 0.2) is 38.1 Å². The van der Waals surface area contributed by atoms with Gasteiger partial charge in [-0.25, -0.2) is 0 Å². The van der Waals surface area contributed by atoms with Crippen molar-refractivity contribution in [3.05, 3.63) is 44.9 Å².